The highest BCUT2D eigenvalue weighted by molar-refractivity contribution is 4.97. The topological polar surface area (TPSA) is 15.3 Å². The van der Waals surface area contributed by atoms with Crippen molar-refractivity contribution in [2.75, 3.05) is 19.6 Å². The van der Waals surface area contributed by atoms with Crippen molar-refractivity contribution in [1.29, 1.82) is 0 Å². The highest BCUT2D eigenvalue weighted by atomic mass is 15.3. The molecule has 0 unspecified atom stereocenters. The predicted octanol–water partition coefficient (Wildman–Crippen LogP) is 2.89. The summed E-state index contributed by atoms with van der Waals surface area (Å²) in [7, 11) is 0. The SMILES string of the molecule is CCC(CC)CN1CC(C)(C)NCC1(C)C. The number of nitrogens with one attached hydrogen (secondary N) is 1. The molecule has 0 aromatic heterocycles. The molecule has 1 aliphatic rings. The average Bonchev–Trinajstić information content (AvgIpc) is 2.20. The Hall–Kier alpha value is -0.0800. The number of nitrogens with zero attached hydrogens (tertiary/aromatic N) is 1. The van der Waals surface area contributed by atoms with E-state index in [-0.39, 0.29) is 5.54 Å². The van der Waals surface area contributed by atoms with Crippen LogP contribution in [-0.4, -0.2) is 35.6 Å². The lowest BCUT2D eigenvalue weighted by atomic mass is 9.89. The minimum atomic E-state index is 0.265. The van der Waals surface area contributed by atoms with Crippen molar-refractivity contribution in [3.8, 4) is 0 Å². The lowest BCUT2D eigenvalue weighted by Crippen LogP contribution is -2.66. The molecule has 0 bridgehead atoms. The van der Waals surface area contributed by atoms with Gasteiger partial charge in [-0.1, -0.05) is 26.7 Å². The smallest absolute Gasteiger partial charge is 0.0278 e. The van der Waals surface area contributed by atoms with Gasteiger partial charge in [0.05, 0.1) is 0 Å². The van der Waals surface area contributed by atoms with Crippen molar-refractivity contribution in [2.45, 2.75) is 65.5 Å². The molecule has 0 radical (unpaired) electrons. The second-order valence-corrected chi connectivity index (χ2v) is 6.61. The molecule has 96 valence electrons. The van der Waals surface area contributed by atoms with Crippen LogP contribution in [0, 0.1) is 5.92 Å². The Labute approximate surface area is 102 Å². The van der Waals surface area contributed by atoms with E-state index in [4.69, 9.17) is 0 Å². The minimum Gasteiger partial charge on any atom is -0.309 e. The van der Waals surface area contributed by atoms with Gasteiger partial charge in [-0.3, -0.25) is 4.90 Å². The van der Waals surface area contributed by atoms with Gasteiger partial charge in [-0.15, -0.1) is 0 Å². The highest BCUT2D eigenvalue weighted by Gasteiger charge is 2.37. The first-order chi connectivity index (χ1) is 7.30. The third kappa shape index (κ3) is 3.46. The van der Waals surface area contributed by atoms with E-state index in [0.717, 1.165) is 19.0 Å². The molecule has 2 nitrogen and oxygen atoms in total. The molecule has 1 fully saturated rings. The molecule has 0 amide bonds. The molecule has 0 spiro atoms. The summed E-state index contributed by atoms with van der Waals surface area (Å²) >= 11 is 0. The molecule has 0 saturated carbocycles. The molecule has 0 aromatic rings. The monoisotopic (exact) mass is 226 g/mol. The largest absolute Gasteiger partial charge is 0.309 e. The van der Waals surface area contributed by atoms with Gasteiger partial charge in [-0.05, 0) is 33.6 Å². The summed E-state index contributed by atoms with van der Waals surface area (Å²) in [4.78, 5) is 2.68. The van der Waals surface area contributed by atoms with Crippen LogP contribution in [0.1, 0.15) is 54.4 Å². The molecule has 16 heavy (non-hydrogen) atoms. The molecule has 0 aliphatic carbocycles. The molecule has 1 rings (SSSR count). The Morgan fingerprint density at radius 2 is 1.69 bits per heavy atom. The van der Waals surface area contributed by atoms with Gasteiger partial charge >= 0.3 is 0 Å². The highest BCUT2D eigenvalue weighted by Crippen LogP contribution is 2.25. The maximum atomic E-state index is 3.65. The van der Waals surface area contributed by atoms with E-state index in [2.05, 4.69) is 51.8 Å². The summed E-state index contributed by atoms with van der Waals surface area (Å²) in [6, 6.07) is 0. The summed E-state index contributed by atoms with van der Waals surface area (Å²) < 4.78 is 0. The van der Waals surface area contributed by atoms with Crippen molar-refractivity contribution >= 4 is 0 Å². The van der Waals surface area contributed by atoms with Crippen molar-refractivity contribution in [2.24, 2.45) is 5.92 Å². The van der Waals surface area contributed by atoms with E-state index in [0.29, 0.717) is 5.54 Å². The zero-order chi connectivity index (χ0) is 12.4. The first-order valence-corrected chi connectivity index (χ1v) is 6.81. The maximum Gasteiger partial charge on any atom is 0.0278 e. The Kier molecular flexibility index (Phi) is 4.42. The van der Waals surface area contributed by atoms with Crippen LogP contribution in [0.2, 0.25) is 0 Å². The Balaban J connectivity index is 2.66. The van der Waals surface area contributed by atoms with Gasteiger partial charge in [0.1, 0.15) is 0 Å². The summed E-state index contributed by atoms with van der Waals surface area (Å²) in [6.07, 6.45) is 2.61. The van der Waals surface area contributed by atoms with Crippen LogP contribution in [0.5, 0.6) is 0 Å². The predicted molar refractivity (Wildman–Crippen MR) is 71.8 cm³/mol. The summed E-state index contributed by atoms with van der Waals surface area (Å²) in [5, 5.41) is 3.65. The van der Waals surface area contributed by atoms with Gasteiger partial charge in [0.25, 0.3) is 0 Å². The van der Waals surface area contributed by atoms with Crippen LogP contribution in [0.3, 0.4) is 0 Å². The van der Waals surface area contributed by atoms with E-state index in [9.17, 15) is 0 Å². The lowest BCUT2D eigenvalue weighted by molar-refractivity contribution is 0.0252. The number of piperazine rings is 1. The van der Waals surface area contributed by atoms with E-state index < -0.39 is 0 Å². The molecule has 1 N–H and O–H groups in total. The molecular weight excluding hydrogens is 196 g/mol. The lowest BCUT2D eigenvalue weighted by Gasteiger charge is -2.50. The molecule has 1 aliphatic heterocycles. The zero-order valence-electron chi connectivity index (χ0n) is 12.1. The number of hydrogen-bond donors (Lipinski definition) is 1. The zero-order valence-corrected chi connectivity index (χ0v) is 12.1. The Bertz CT molecular complexity index is 217. The summed E-state index contributed by atoms with van der Waals surface area (Å²) in [5.41, 5.74) is 0.569. The Morgan fingerprint density at radius 3 is 2.19 bits per heavy atom. The second-order valence-electron chi connectivity index (χ2n) is 6.61. The fraction of sp³-hybridized carbons (Fsp3) is 1.00. The standard InChI is InChI=1S/C14H30N2/c1-7-12(8-2)9-16-11-13(3,4)15-10-14(16,5)6/h12,15H,7-11H2,1-6H3. The summed E-state index contributed by atoms with van der Waals surface area (Å²) in [6.45, 7) is 17.5. The van der Waals surface area contributed by atoms with Crippen LogP contribution in [0.25, 0.3) is 0 Å². The third-order valence-corrected chi connectivity index (χ3v) is 4.08. The van der Waals surface area contributed by atoms with Gasteiger partial charge in [-0.25, -0.2) is 0 Å². The average molecular weight is 226 g/mol. The van der Waals surface area contributed by atoms with Crippen LogP contribution >= 0.6 is 0 Å². The van der Waals surface area contributed by atoms with E-state index in [1.807, 2.05) is 0 Å². The Morgan fingerprint density at radius 1 is 1.12 bits per heavy atom. The van der Waals surface area contributed by atoms with Gasteiger partial charge in [-0.2, -0.15) is 0 Å². The van der Waals surface area contributed by atoms with E-state index >= 15 is 0 Å². The van der Waals surface area contributed by atoms with Crippen LogP contribution in [-0.2, 0) is 0 Å². The van der Waals surface area contributed by atoms with Gasteiger partial charge in [0.2, 0.25) is 0 Å². The first-order valence-electron chi connectivity index (χ1n) is 6.81. The van der Waals surface area contributed by atoms with Gasteiger partial charge in [0.15, 0.2) is 0 Å². The van der Waals surface area contributed by atoms with Crippen molar-refractivity contribution < 1.29 is 0 Å². The van der Waals surface area contributed by atoms with Crippen molar-refractivity contribution in [3.05, 3.63) is 0 Å². The number of rotatable bonds is 4. The van der Waals surface area contributed by atoms with Crippen molar-refractivity contribution in [3.63, 3.8) is 0 Å². The van der Waals surface area contributed by atoms with Crippen LogP contribution in [0.15, 0.2) is 0 Å². The van der Waals surface area contributed by atoms with E-state index in [1.54, 1.807) is 0 Å². The molecule has 1 heterocycles. The minimum absolute atomic E-state index is 0.265. The third-order valence-electron chi connectivity index (χ3n) is 4.08. The van der Waals surface area contributed by atoms with Crippen LogP contribution in [0.4, 0.5) is 0 Å². The quantitative estimate of drug-likeness (QED) is 0.793. The normalized spacial score (nSPS) is 24.9. The molecular formula is C14H30N2. The molecule has 0 atom stereocenters. The summed E-state index contributed by atoms with van der Waals surface area (Å²) in [5.74, 6) is 0.855. The second kappa shape index (κ2) is 5.05. The molecule has 2 heteroatoms. The fourth-order valence-corrected chi connectivity index (χ4v) is 2.48. The molecule has 1 saturated heterocycles. The van der Waals surface area contributed by atoms with Crippen LogP contribution < -0.4 is 5.32 Å². The van der Waals surface area contributed by atoms with Gasteiger partial charge < -0.3 is 5.32 Å². The first kappa shape index (κ1) is 14.0. The number of hydrogen-bond acceptors (Lipinski definition) is 2. The maximum absolute atomic E-state index is 3.65. The van der Waals surface area contributed by atoms with Crippen molar-refractivity contribution in [1.82, 2.24) is 10.2 Å². The fourth-order valence-electron chi connectivity index (χ4n) is 2.48. The van der Waals surface area contributed by atoms with E-state index in [1.165, 1.54) is 19.4 Å². The molecule has 0 aromatic carbocycles. The van der Waals surface area contributed by atoms with Gasteiger partial charge in [0, 0.05) is 30.7 Å².